The Morgan fingerprint density at radius 3 is 2.70 bits per heavy atom. The van der Waals surface area contributed by atoms with Gasteiger partial charge in [0, 0.05) is 13.1 Å². The molecule has 0 radical (unpaired) electrons. The number of carbonyl (C=O) groups is 1. The van der Waals surface area contributed by atoms with Gasteiger partial charge in [-0.3, -0.25) is 9.69 Å². The first-order chi connectivity index (χ1) is 15.7. The number of nitriles is 1. The van der Waals surface area contributed by atoms with E-state index in [-0.39, 0.29) is 22.5 Å². The van der Waals surface area contributed by atoms with Crippen molar-refractivity contribution >= 4 is 17.2 Å². The van der Waals surface area contributed by atoms with Gasteiger partial charge in [0.25, 0.3) is 5.91 Å². The predicted octanol–water partition coefficient (Wildman–Crippen LogP) is 4.09. The molecular formula is C25H32N6O2. The quantitative estimate of drug-likeness (QED) is 0.713. The number of aromatic nitrogens is 3. The maximum absolute atomic E-state index is 12.8. The normalized spacial score (nSPS) is 18.9. The number of morpholine rings is 1. The fraction of sp³-hybridized carbons (Fsp3) is 0.520. The molecule has 8 heteroatoms. The molecule has 2 aliphatic rings. The number of rotatable bonds is 5. The van der Waals surface area contributed by atoms with Crippen molar-refractivity contribution in [3.63, 3.8) is 0 Å². The van der Waals surface area contributed by atoms with Crippen molar-refractivity contribution < 1.29 is 9.53 Å². The van der Waals surface area contributed by atoms with Crippen molar-refractivity contribution in [2.75, 3.05) is 31.6 Å². The molecule has 174 valence electrons. The molecule has 1 aliphatic carbocycles. The molecule has 0 unspecified atom stereocenters. The first kappa shape index (κ1) is 23.1. The number of nitrogens with one attached hydrogen (secondary N) is 2. The SMILES string of the molecule is CC1(C)CC=C(c2nc(C(C)(C)N3CCOCC3)ccc2NC(=O)c2ncc(C#N)[nH]2)CC1. The number of pyridine rings is 1. The van der Waals surface area contributed by atoms with E-state index in [9.17, 15) is 4.79 Å². The van der Waals surface area contributed by atoms with Crippen molar-refractivity contribution in [1.29, 1.82) is 5.26 Å². The van der Waals surface area contributed by atoms with Crippen LogP contribution in [0.5, 0.6) is 0 Å². The number of carbonyl (C=O) groups excluding carboxylic acids is 1. The Morgan fingerprint density at radius 1 is 1.30 bits per heavy atom. The largest absolute Gasteiger partial charge is 0.379 e. The van der Waals surface area contributed by atoms with Crippen molar-refractivity contribution in [3.8, 4) is 6.07 Å². The van der Waals surface area contributed by atoms with Crippen LogP contribution in [-0.4, -0.2) is 52.1 Å². The van der Waals surface area contributed by atoms with E-state index >= 15 is 0 Å². The number of aromatic amines is 1. The molecule has 1 amide bonds. The number of allylic oxidation sites excluding steroid dienone is 2. The molecule has 1 aliphatic heterocycles. The standard InChI is InChI=1S/C25H32N6O2/c1-24(2)9-7-17(8-10-24)21-19(29-23(32)22-27-16-18(15-26)28-22)5-6-20(30-21)25(3,4)31-11-13-33-14-12-31/h5-7,16H,8-14H2,1-4H3,(H,27,28)(H,29,32). The summed E-state index contributed by atoms with van der Waals surface area (Å²) >= 11 is 0. The molecule has 0 bridgehead atoms. The van der Waals surface area contributed by atoms with Crippen LogP contribution in [0.4, 0.5) is 5.69 Å². The summed E-state index contributed by atoms with van der Waals surface area (Å²) in [4.78, 5) is 27.1. The van der Waals surface area contributed by atoms with Crippen LogP contribution in [0.15, 0.2) is 24.4 Å². The second-order valence-corrected chi connectivity index (χ2v) is 10.1. The zero-order chi connectivity index (χ0) is 23.6. The van der Waals surface area contributed by atoms with Crippen LogP contribution in [0.25, 0.3) is 5.57 Å². The third kappa shape index (κ3) is 5.00. The lowest BCUT2D eigenvalue weighted by atomic mass is 9.77. The van der Waals surface area contributed by atoms with Crippen LogP contribution in [0.2, 0.25) is 0 Å². The van der Waals surface area contributed by atoms with Gasteiger partial charge < -0.3 is 15.0 Å². The fourth-order valence-corrected chi connectivity index (χ4v) is 4.40. The van der Waals surface area contributed by atoms with Crippen LogP contribution in [0.3, 0.4) is 0 Å². The first-order valence-corrected chi connectivity index (χ1v) is 11.5. The number of imidazole rings is 1. The van der Waals surface area contributed by atoms with Gasteiger partial charge in [0.2, 0.25) is 0 Å². The lowest BCUT2D eigenvalue weighted by Gasteiger charge is -2.40. The van der Waals surface area contributed by atoms with Gasteiger partial charge in [-0.2, -0.15) is 5.26 Å². The molecule has 0 atom stereocenters. The number of amides is 1. The maximum Gasteiger partial charge on any atom is 0.291 e. The molecule has 1 fully saturated rings. The zero-order valence-corrected chi connectivity index (χ0v) is 19.9. The van der Waals surface area contributed by atoms with E-state index in [0.29, 0.717) is 5.69 Å². The van der Waals surface area contributed by atoms with E-state index in [1.807, 2.05) is 18.2 Å². The molecule has 0 spiro atoms. The Labute approximate surface area is 195 Å². The number of hydrogen-bond donors (Lipinski definition) is 2. The predicted molar refractivity (Wildman–Crippen MR) is 127 cm³/mol. The zero-order valence-electron chi connectivity index (χ0n) is 19.9. The molecule has 1 saturated heterocycles. The molecule has 2 N–H and O–H groups in total. The van der Waals surface area contributed by atoms with Crippen molar-refractivity contribution in [3.05, 3.63) is 47.3 Å². The van der Waals surface area contributed by atoms with Crippen LogP contribution in [0.1, 0.15) is 74.7 Å². The van der Waals surface area contributed by atoms with E-state index < -0.39 is 5.91 Å². The monoisotopic (exact) mass is 448 g/mol. The van der Waals surface area contributed by atoms with Gasteiger partial charge in [-0.05, 0) is 56.2 Å². The highest BCUT2D eigenvalue weighted by Gasteiger charge is 2.33. The Kier molecular flexibility index (Phi) is 6.37. The second-order valence-electron chi connectivity index (χ2n) is 10.1. The van der Waals surface area contributed by atoms with Gasteiger partial charge in [0.05, 0.1) is 42.0 Å². The average molecular weight is 449 g/mol. The molecular weight excluding hydrogens is 416 g/mol. The second kappa shape index (κ2) is 9.08. The van der Waals surface area contributed by atoms with Gasteiger partial charge in [-0.15, -0.1) is 0 Å². The molecule has 2 aromatic heterocycles. The first-order valence-electron chi connectivity index (χ1n) is 11.5. The van der Waals surface area contributed by atoms with Crippen molar-refractivity contribution in [2.45, 2.75) is 52.5 Å². The summed E-state index contributed by atoms with van der Waals surface area (Å²) in [5, 5.41) is 12.0. The lowest BCUT2D eigenvalue weighted by Crippen LogP contribution is -2.48. The molecule has 2 aromatic rings. The van der Waals surface area contributed by atoms with Crippen LogP contribution in [0, 0.1) is 16.7 Å². The lowest BCUT2D eigenvalue weighted by molar-refractivity contribution is -0.0132. The van der Waals surface area contributed by atoms with Gasteiger partial charge in [-0.25, -0.2) is 9.97 Å². The molecule has 3 heterocycles. The summed E-state index contributed by atoms with van der Waals surface area (Å²) in [7, 11) is 0. The number of nitrogens with zero attached hydrogens (tertiary/aromatic N) is 4. The Morgan fingerprint density at radius 2 is 2.06 bits per heavy atom. The summed E-state index contributed by atoms with van der Waals surface area (Å²) in [6, 6.07) is 5.89. The number of ether oxygens (including phenoxy) is 1. The Bertz CT molecular complexity index is 1100. The van der Waals surface area contributed by atoms with E-state index in [4.69, 9.17) is 15.0 Å². The maximum atomic E-state index is 12.8. The highest BCUT2D eigenvalue weighted by atomic mass is 16.5. The average Bonchev–Trinajstić information content (AvgIpc) is 3.30. The van der Waals surface area contributed by atoms with Gasteiger partial charge in [0.1, 0.15) is 11.8 Å². The van der Waals surface area contributed by atoms with E-state index in [1.165, 1.54) is 6.20 Å². The van der Waals surface area contributed by atoms with Gasteiger partial charge in [-0.1, -0.05) is 19.9 Å². The van der Waals surface area contributed by atoms with Gasteiger partial charge in [0.15, 0.2) is 5.82 Å². The highest BCUT2D eigenvalue weighted by molar-refractivity contribution is 6.03. The summed E-state index contributed by atoms with van der Waals surface area (Å²) < 4.78 is 5.54. The number of hydrogen-bond acceptors (Lipinski definition) is 6. The molecule has 8 nitrogen and oxygen atoms in total. The van der Waals surface area contributed by atoms with Crippen molar-refractivity contribution in [2.24, 2.45) is 5.41 Å². The minimum atomic E-state index is -0.392. The fourth-order valence-electron chi connectivity index (χ4n) is 4.40. The topological polar surface area (TPSA) is 107 Å². The minimum Gasteiger partial charge on any atom is -0.379 e. The Balaban J connectivity index is 1.69. The van der Waals surface area contributed by atoms with Gasteiger partial charge >= 0.3 is 0 Å². The van der Waals surface area contributed by atoms with Crippen LogP contribution >= 0.6 is 0 Å². The van der Waals surface area contributed by atoms with Crippen LogP contribution in [-0.2, 0) is 10.3 Å². The summed E-state index contributed by atoms with van der Waals surface area (Å²) in [5.41, 5.74) is 3.83. The molecule has 0 saturated carbocycles. The number of anilines is 1. The van der Waals surface area contributed by atoms with Crippen LogP contribution < -0.4 is 5.32 Å². The minimum absolute atomic E-state index is 0.106. The van der Waals surface area contributed by atoms with E-state index in [0.717, 1.165) is 62.5 Å². The van der Waals surface area contributed by atoms with Crippen molar-refractivity contribution in [1.82, 2.24) is 19.9 Å². The summed E-state index contributed by atoms with van der Waals surface area (Å²) in [6.45, 7) is 12.1. The molecule has 33 heavy (non-hydrogen) atoms. The van der Waals surface area contributed by atoms with E-state index in [1.54, 1.807) is 0 Å². The third-order valence-electron chi connectivity index (χ3n) is 6.76. The third-order valence-corrected chi connectivity index (χ3v) is 6.76. The Hall–Kier alpha value is -3.02. The summed E-state index contributed by atoms with van der Waals surface area (Å²) in [5.74, 6) is -0.287. The molecule has 4 rings (SSSR count). The summed E-state index contributed by atoms with van der Waals surface area (Å²) in [6.07, 6.45) is 6.55. The van der Waals surface area contributed by atoms with E-state index in [2.05, 4.69) is 54.0 Å². The number of H-pyrrole nitrogens is 1. The molecule has 0 aromatic carbocycles. The smallest absolute Gasteiger partial charge is 0.291 e. The highest BCUT2D eigenvalue weighted by Crippen LogP contribution is 2.40.